The average Bonchev–Trinajstić information content (AvgIpc) is 2.38. The highest BCUT2D eigenvalue weighted by Gasteiger charge is 2.01. The highest BCUT2D eigenvalue weighted by atomic mass is 35.5. The molecular formula is C15H10Cl2O. The predicted octanol–water partition coefficient (Wildman–Crippen LogP) is 4.98. The standard InChI is InChI=1S/C15H10Cl2O/c16-14-5-2-6-15(17)13(14)8-7-11-3-1-4-12(9-11)10-18/h1-10H/b8-7+. The van der Waals surface area contributed by atoms with Crippen LogP contribution < -0.4 is 0 Å². The van der Waals surface area contributed by atoms with Gasteiger partial charge in [-0.25, -0.2) is 0 Å². The fourth-order valence-electron chi connectivity index (χ4n) is 1.59. The van der Waals surface area contributed by atoms with E-state index in [2.05, 4.69) is 0 Å². The van der Waals surface area contributed by atoms with E-state index in [0.29, 0.717) is 15.6 Å². The van der Waals surface area contributed by atoms with E-state index in [9.17, 15) is 4.79 Å². The molecule has 0 N–H and O–H groups in total. The summed E-state index contributed by atoms with van der Waals surface area (Å²) in [6.07, 6.45) is 4.54. The number of hydrogen-bond donors (Lipinski definition) is 0. The van der Waals surface area contributed by atoms with Crippen LogP contribution in [0.4, 0.5) is 0 Å². The van der Waals surface area contributed by atoms with E-state index >= 15 is 0 Å². The molecule has 0 aromatic heterocycles. The third-order valence-corrected chi connectivity index (χ3v) is 3.15. The van der Waals surface area contributed by atoms with Gasteiger partial charge in [-0.3, -0.25) is 4.79 Å². The van der Waals surface area contributed by atoms with Gasteiger partial charge in [-0.15, -0.1) is 0 Å². The maximum atomic E-state index is 10.7. The van der Waals surface area contributed by atoms with Gasteiger partial charge in [-0.1, -0.05) is 59.6 Å². The van der Waals surface area contributed by atoms with Crippen LogP contribution in [0.1, 0.15) is 21.5 Å². The van der Waals surface area contributed by atoms with Gasteiger partial charge in [0.1, 0.15) is 6.29 Å². The summed E-state index contributed by atoms with van der Waals surface area (Å²) >= 11 is 12.1. The Hall–Kier alpha value is -1.57. The summed E-state index contributed by atoms with van der Waals surface area (Å²) in [5, 5.41) is 1.20. The highest BCUT2D eigenvalue weighted by molar-refractivity contribution is 6.37. The van der Waals surface area contributed by atoms with Crippen LogP contribution >= 0.6 is 23.2 Å². The first-order valence-corrected chi connectivity index (χ1v) is 6.13. The molecule has 0 saturated heterocycles. The molecule has 1 nitrogen and oxygen atoms in total. The summed E-state index contributed by atoms with van der Waals surface area (Å²) in [7, 11) is 0. The van der Waals surface area contributed by atoms with Crippen molar-refractivity contribution in [2.45, 2.75) is 0 Å². The van der Waals surface area contributed by atoms with Crippen LogP contribution in [0.3, 0.4) is 0 Å². The molecule has 0 unspecified atom stereocenters. The minimum absolute atomic E-state index is 0.602. The van der Waals surface area contributed by atoms with Gasteiger partial charge in [0.2, 0.25) is 0 Å². The van der Waals surface area contributed by atoms with Gasteiger partial charge >= 0.3 is 0 Å². The Morgan fingerprint density at radius 1 is 0.833 bits per heavy atom. The van der Waals surface area contributed by atoms with Gasteiger partial charge in [0.15, 0.2) is 0 Å². The van der Waals surface area contributed by atoms with Crippen LogP contribution in [0.25, 0.3) is 12.2 Å². The third kappa shape index (κ3) is 3.00. The fourth-order valence-corrected chi connectivity index (χ4v) is 2.11. The molecule has 0 amide bonds. The van der Waals surface area contributed by atoms with Gasteiger partial charge in [-0.05, 0) is 23.8 Å². The molecule has 2 aromatic carbocycles. The van der Waals surface area contributed by atoms with Crippen molar-refractivity contribution < 1.29 is 4.79 Å². The van der Waals surface area contributed by atoms with Gasteiger partial charge < -0.3 is 0 Å². The summed E-state index contributed by atoms with van der Waals surface area (Å²) in [6, 6.07) is 12.7. The van der Waals surface area contributed by atoms with Crippen LogP contribution in [-0.2, 0) is 0 Å². The van der Waals surface area contributed by atoms with E-state index in [1.165, 1.54) is 0 Å². The van der Waals surface area contributed by atoms with E-state index in [1.807, 2.05) is 24.3 Å². The zero-order chi connectivity index (χ0) is 13.0. The molecule has 0 saturated carbocycles. The molecule has 18 heavy (non-hydrogen) atoms. The Morgan fingerprint density at radius 3 is 2.11 bits per heavy atom. The van der Waals surface area contributed by atoms with Crippen molar-refractivity contribution in [1.29, 1.82) is 0 Å². The molecule has 0 aliphatic carbocycles. The number of rotatable bonds is 3. The molecule has 3 heteroatoms. The van der Waals surface area contributed by atoms with Crippen LogP contribution in [0, 0.1) is 0 Å². The Kier molecular flexibility index (Phi) is 4.19. The van der Waals surface area contributed by atoms with Crippen molar-refractivity contribution in [3.05, 3.63) is 69.2 Å². The quantitative estimate of drug-likeness (QED) is 0.571. The fraction of sp³-hybridized carbons (Fsp3) is 0. The first-order chi connectivity index (χ1) is 8.70. The van der Waals surface area contributed by atoms with Crippen LogP contribution in [-0.4, -0.2) is 6.29 Å². The molecule has 0 bridgehead atoms. The highest BCUT2D eigenvalue weighted by Crippen LogP contribution is 2.26. The maximum Gasteiger partial charge on any atom is 0.150 e. The van der Waals surface area contributed by atoms with Crippen molar-refractivity contribution in [3.63, 3.8) is 0 Å². The topological polar surface area (TPSA) is 17.1 Å². The largest absolute Gasteiger partial charge is 0.298 e. The van der Waals surface area contributed by atoms with Crippen LogP contribution in [0.5, 0.6) is 0 Å². The molecule has 2 aromatic rings. The SMILES string of the molecule is O=Cc1cccc(/C=C/c2c(Cl)cccc2Cl)c1. The number of hydrogen-bond acceptors (Lipinski definition) is 1. The number of carbonyl (C=O) groups is 1. The second kappa shape index (κ2) is 5.85. The van der Waals surface area contributed by atoms with E-state index in [1.54, 1.807) is 30.3 Å². The van der Waals surface area contributed by atoms with Crippen LogP contribution in [0.2, 0.25) is 10.0 Å². The second-order valence-electron chi connectivity index (χ2n) is 3.76. The van der Waals surface area contributed by atoms with Gasteiger partial charge in [-0.2, -0.15) is 0 Å². The monoisotopic (exact) mass is 276 g/mol. The smallest absolute Gasteiger partial charge is 0.150 e. The Bertz CT molecular complexity index is 583. The Labute approximate surface area is 116 Å². The van der Waals surface area contributed by atoms with Crippen molar-refractivity contribution in [2.24, 2.45) is 0 Å². The molecule has 0 heterocycles. The molecule has 2 rings (SSSR count). The van der Waals surface area contributed by atoms with Crippen LogP contribution in [0.15, 0.2) is 42.5 Å². The summed E-state index contributed by atoms with van der Waals surface area (Å²) in [5.74, 6) is 0. The third-order valence-electron chi connectivity index (χ3n) is 2.49. The zero-order valence-electron chi connectivity index (χ0n) is 9.44. The van der Waals surface area contributed by atoms with Crippen molar-refractivity contribution in [1.82, 2.24) is 0 Å². The normalized spacial score (nSPS) is 10.8. The second-order valence-corrected chi connectivity index (χ2v) is 4.57. The molecule has 0 aliphatic rings. The minimum atomic E-state index is 0.602. The Morgan fingerprint density at radius 2 is 1.44 bits per heavy atom. The lowest BCUT2D eigenvalue weighted by molar-refractivity contribution is 0.112. The van der Waals surface area contributed by atoms with Crippen molar-refractivity contribution in [2.75, 3.05) is 0 Å². The minimum Gasteiger partial charge on any atom is -0.298 e. The van der Waals surface area contributed by atoms with E-state index in [0.717, 1.165) is 17.4 Å². The van der Waals surface area contributed by atoms with Crippen molar-refractivity contribution in [3.8, 4) is 0 Å². The van der Waals surface area contributed by atoms with E-state index < -0.39 is 0 Å². The predicted molar refractivity (Wildman–Crippen MR) is 77.2 cm³/mol. The first kappa shape index (κ1) is 12.9. The van der Waals surface area contributed by atoms with E-state index in [-0.39, 0.29) is 0 Å². The van der Waals surface area contributed by atoms with Gasteiger partial charge in [0.25, 0.3) is 0 Å². The lowest BCUT2D eigenvalue weighted by Crippen LogP contribution is -1.81. The number of aldehydes is 1. The van der Waals surface area contributed by atoms with Gasteiger partial charge in [0, 0.05) is 21.2 Å². The summed E-state index contributed by atoms with van der Waals surface area (Å²) in [6.45, 7) is 0. The van der Waals surface area contributed by atoms with Gasteiger partial charge in [0.05, 0.1) is 0 Å². The molecule has 90 valence electrons. The maximum absolute atomic E-state index is 10.7. The number of benzene rings is 2. The number of halogens is 2. The molecule has 0 spiro atoms. The first-order valence-electron chi connectivity index (χ1n) is 5.38. The molecule has 0 aliphatic heterocycles. The molecular weight excluding hydrogens is 267 g/mol. The summed E-state index contributed by atoms with van der Waals surface area (Å²) < 4.78 is 0. The van der Waals surface area contributed by atoms with E-state index in [4.69, 9.17) is 23.2 Å². The molecule has 0 radical (unpaired) electrons. The van der Waals surface area contributed by atoms with Crippen molar-refractivity contribution >= 4 is 41.6 Å². The molecule has 0 atom stereocenters. The lowest BCUT2D eigenvalue weighted by Gasteiger charge is -2.01. The lowest BCUT2D eigenvalue weighted by atomic mass is 10.1. The summed E-state index contributed by atoms with van der Waals surface area (Å²) in [5.41, 5.74) is 2.34. The Balaban J connectivity index is 2.32. The molecule has 0 fully saturated rings. The zero-order valence-corrected chi connectivity index (χ0v) is 10.9. The summed E-state index contributed by atoms with van der Waals surface area (Å²) in [4.78, 5) is 10.7. The average molecular weight is 277 g/mol. The number of carbonyl (C=O) groups excluding carboxylic acids is 1.